The second kappa shape index (κ2) is 8.07. The van der Waals surface area contributed by atoms with Crippen molar-refractivity contribution in [2.75, 3.05) is 19.8 Å². The van der Waals surface area contributed by atoms with E-state index in [1.54, 1.807) is 13.0 Å². The Balaban J connectivity index is 2.19. The molecule has 0 fully saturated rings. The molecule has 0 bridgehead atoms. The maximum absolute atomic E-state index is 12.8. The Labute approximate surface area is 110 Å². The molecule has 0 spiro atoms. The quantitative estimate of drug-likeness (QED) is 0.757. The molecule has 0 aliphatic heterocycles. The third-order valence-electron chi connectivity index (χ3n) is 2.12. The highest BCUT2D eigenvalue weighted by molar-refractivity contribution is 5.78. The number of esters is 1. The SMILES string of the molecule is CCOC(=O)CCNC(=O)COc1cccc(F)c1. The number of hydrogen-bond donors (Lipinski definition) is 1. The molecule has 1 aromatic rings. The van der Waals surface area contributed by atoms with E-state index in [-0.39, 0.29) is 37.2 Å². The van der Waals surface area contributed by atoms with E-state index in [4.69, 9.17) is 9.47 Å². The molecule has 0 atom stereocenters. The Morgan fingerprint density at radius 2 is 2.16 bits per heavy atom. The number of halogens is 1. The second-order valence-corrected chi connectivity index (χ2v) is 3.65. The Morgan fingerprint density at radius 3 is 2.84 bits per heavy atom. The van der Waals surface area contributed by atoms with Gasteiger partial charge in [-0.05, 0) is 19.1 Å². The topological polar surface area (TPSA) is 64.6 Å². The van der Waals surface area contributed by atoms with Crippen molar-refractivity contribution in [2.24, 2.45) is 0 Å². The van der Waals surface area contributed by atoms with Crippen LogP contribution in [0.5, 0.6) is 5.75 Å². The predicted molar refractivity (Wildman–Crippen MR) is 66.2 cm³/mol. The standard InChI is InChI=1S/C13H16FNO4/c1-2-18-13(17)6-7-15-12(16)9-19-11-5-3-4-10(14)8-11/h3-5,8H,2,6-7,9H2,1H3,(H,15,16). The highest BCUT2D eigenvalue weighted by Crippen LogP contribution is 2.11. The zero-order valence-corrected chi connectivity index (χ0v) is 10.6. The van der Waals surface area contributed by atoms with E-state index < -0.39 is 5.82 Å². The molecule has 0 heterocycles. The minimum Gasteiger partial charge on any atom is -0.484 e. The summed E-state index contributed by atoms with van der Waals surface area (Å²) in [6, 6.07) is 5.51. The summed E-state index contributed by atoms with van der Waals surface area (Å²) in [4.78, 5) is 22.4. The summed E-state index contributed by atoms with van der Waals surface area (Å²) in [7, 11) is 0. The minimum atomic E-state index is -0.430. The third kappa shape index (κ3) is 6.40. The molecule has 0 saturated heterocycles. The average Bonchev–Trinajstić information content (AvgIpc) is 2.37. The molecule has 1 N–H and O–H groups in total. The lowest BCUT2D eigenvalue weighted by molar-refractivity contribution is -0.143. The fourth-order valence-electron chi connectivity index (χ4n) is 1.29. The zero-order valence-electron chi connectivity index (χ0n) is 10.6. The molecule has 0 aliphatic carbocycles. The molecule has 1 aromatic carbocycles. The lowest BCUT2D eigenvalue weighted by Gasteiger charge is -2.07. The number of ether oxygens (including phenoxy) is 2. The number of hydrogen-bond acceptors (Lipinski definition) is 4. The largest absolute Gasteiger partial charge is 0.484 e. The van der Waals surface area contributed by atoms with Crippen LogP contribution in [0.1, 0.15) is 13.3 Å². The number of benzene rings is 1. The van der Waals surface area contributed by atoms with Crippen molar-refractivity contribution in [1.82, 2.24) is 5.32 Å². The van der Waals surface area contributed by atoms with E-state index in [1.807, 2.05) is 0 Å². The van der Waals surface area contributed by atoms with Gasteiger partial charge in [-0.15, -0.1) is 0 Å². The molecular weight excluding hydrogens is 253 g/mol. The molecule has 6 heteroatoms. The predicted octanol–water partition coefficient (Wildman–Crippen LogP) is 1.27. The molecule has 19 heavy (non-hydrogen) atoms. The third-order valence-corrected chi connectivity index (χ3v) is 2.12. The van der Waals surface area contributed by atoms with Gasteiger partial charge in [-0.25, -0.2) is 4.39 Å². The Bertz CT molecular complexity index is 436. The monoisotopic (exact) mass is 269 g/mol. The van der Waals surface area contributed by atoms with Crippen LogP contribution in [0.25, 0.3) is 0 Å². The Hall–Kier alpha value is -2.11. The molecule has 0 radical (unpaired) electrons. The van der Waals surface area contributed by atoms with Crippen molar-refractivity contribution in [3.05, 3.63) is 30.1 Å². The van der Waals surface area contributed by atoms with Crippen LogP contribution in [-0.2, 0) is 14.3 Å². The summed E-state index contributed by atoms with van der Waals surface area (Å²) in [6.07, 6.45) is 0.111. The zero-order chi connectivity index (χ0) is 14.1. The summed E-state index contributed by atoms with van der Waals surface area (Å²) < 4.78 is 22.6. The molecule has 0 aromatic heterocycles. The van der Waals surface area contributed by atoms with Crippen molar-refractivity contribution < 1.29 is 23.5 Å². The van der Waals surface area contributed by atoms with E-state index in [1.165, 1.54) is 18.2 Å². The number of carbonyl (C=O) groups excluding carboxylic acids is 2. The Morgan fingerprint density at radius 1 is 1.37 bits per heavy atom. The highest BCUT2D eigenvalue weighted by Gasteiger charge is 2.05. The van der Waals surface area contributed by atoms with Crippen molar-refractivity contribution in [3.8, 4) is 5.75 Å². The van der Waals surface area contributed by atoms with Crippen LogP contribution >= 0.6 is 0 Å². The number of nitrogens with one attached hydrogen (secondary N) is 1. The first-order chi connectivity index (χ1) is 9.11. The molecule has 0 aliphatic rings. The minimum absolute atomic E-state index is 0.111. The van der Waals surface area contributed by atoms with Crippen LogP contribution in [0.4, 0.5) is 4.39 Å². The van der Waals surface area contributed by atoms with Gasteiger partial charge in [-0.3, -0.25) is 9.59 Å². The molecule has 5 nitrogen and oxygen atoms in total. The van der Waals surface area contributed by atoms with Gasteiger partial charge < -0.3 is 14.8 Å². The Kier molecular flexibility index (Phi) is 6.35. The fraction of sp³-hybridized carbons (Fsp3) is 0.385. The maximum Gasteiger partial charge on any atom is 0.307 e. The van der Waals surface area contributed by atoms with Gasteiger partial charge in [-0.1, -0.05) is 6.07 Å². The van der Waals surface area contributed by atoms with Crippen LogP contribution in [0, 0.1) is 5.82 Å². The smallest absolute Gasteiger partial charge is 0.307 e. The van der Waals surface area contributed by atoms with Crippen molar-refractivity contribution in [2.45, 2.75) is 13.3 Å². The van der Waals surface area contributed by atoms with Crippen LogP contribution in [-0.4, -0.2) is 31.6 Å². The summed E-state index contributed by atoms with van der Waals surface area (Å²) in [5, 5.41) is 2.50. The highest BCUT2D eigenvalue weighted by atomic mass is 19.1. The normalized spacial score (nSPS) is 9.79. The number of amides is 1. The molecule has 0 unspecified atom stereocenters. The fourth-order valence-corrected chi connectivity index (χ4v) is 1.29. The van der Waals surface area contributed by atoms with E-state index in [9.17, 15) is 14.0 Å². The van der Waals surface area contributed by atoms with E-state index in [2.05, 4.69) is 5.32 Å². The first-order valence-corrected chi connectivity index (χ1v) is 5.92. The van der Waals surface area contributed by atoms with E-state index in [0.29, 0.717) is 6.61 Å². The van der Waals surface area contributed by atoms with Crippen molar-refractivity contribution in [1.29, 1.82) is 0 Å². The first kappa shape index (κ1) is 14.9. The van der Waals surface area contributed by atoms with Gasteiger partial charge in [0.25, 0.3) is 5.91 Å². The van der Waals surface area contributed by atoms with Crippen LogP contribution in [0.2, 0.25) is 0 Å². The molecule has 1 amide bonds. The maximum atomic E-state index is 12.8. The molecule has 1 rings (SSSR count). The molecular formula is C13H16FNO4. The summed E-state index contributed by atoms with van der Waals surface area (Å²) in [6.45, 7) is 1.98. The summed E-state index contributed by atoms with van der Waals surface area (Å²) in [5.74, 6) is -0.900. The van der Waals surface area contributed by atoms with Gasteiger partial charge in [0.2, 0.25) is 0 Å². The van der Waals surface area contributed by atoms with Crippen molar-refractivity contribution in [3.63, 3.8) is 0 Å². The first-order valence-electron chi connectivity index (χ1n) is 5.92. The molecule has 104 valence electrons. The second-order valence-electron chi connectivity index (χ2n) is 3.65. The van der Waals surface area contributed by atoms with Crippen LogP contribution in [0.3, 0.4) is 0 Å². The lowest BCUT2D eigenvalue weighted by Crippen LogP contribution is -2.31. The van der Waals surface area contributed by atoms with E-state index >= 15 is 0 Å². The number of rotatable bonds is 7. The van der Waals surface area contributed by atoms with Gasteiger partial charge in [0, 0.05) is 12.6 Å². The number of carbonyl (C=O) groups is 2. The van der Waals surface area contributed by atoms with Gasteiger partial charge in [0.05, 0.1) is 13.0 Å². The van der Waals surface area contributed by atoms with Gasteiger partial charge in [-0.2, -0.15) is 0 Å². The van der Waals surface area contributed by atoms with Gasteiger partial charge >= 0.3 is 5.97 Å². The van der Waals surface area contributed by atoms with Crippen LogP contribution < -0.4 is 10.1 Å². The average molecular weight is 269 g/mol. The van der Waals surface area contributed by atoms with E-state index in [0.717, 1.165) is 0 Å². The van der Waals surface area contributed by atoms with Gasteiger partial charge in [0.15, 0.2) is 6.61 Å². The molecule has 0 saturated carbocycles. The van der Waals surface area contributed by atoms with Gasteiger partial charge in [0.1, 0.15) is 11.6 Å². The van der Waals surface area contributed by atoms with Crippen molar-refractivity contribution >= 4 is 11.9 Å². The lowest BCUT2D eigenvalue weighted by atomic mass is 10.3. The summed E-state index contributed by atoms with van der Waals surface area (Å²) in [5.41, 5.74) is 0. The summed E-state index contributed by atoms with van der Waals surface area (Å²) >= 11 is 0. The van der Waals surface area contributed by atoms with Crippen LogP contribution in [0.15, 0.2) is 24.3 Å².